The molecule has 0 saturated heterocycles. The van der Waals surface area contributed by atoms with Gasteiger partial charge in [0.1, 0.15) is 24.5 Å². The number of hydrogen-bond donors (Lipinski definition) is 0. The van der Waals surface area contributed by atoms with Crippen LogP contribution in [0.15, 0.2) is 42.2 Å². The number of thiazole rings is 1. The van der Waals surface area contributed by atoms with E-state index in [1.165, 1.54) is 0 Å². The van der Waals surface area contributed by atoms with Gasteiger partial charge in [-0.25, -0.2) is 19.6 Å². The van der Waals surface area contributed by atoms with Gasteiger partial charge in [0.15, 0.2) is 0 Å². The molecule has 33 heavy (non-hydrogen) atoms. The van der Waals surface area contributed by atoms with Crippen molar-refractivity contribution in [2.24, 2.45) is 0 Å². The number of aromatic nitrogens is 7. The summed E-state index contributed by atoms with van der Waals surface area (Å²) in [6.07, 6.45) is 4.28. The Morgan fingerprint density at radius 3 is 2.76 bits per heavy atom. The fourth-order valence-electron chi connectivity index (χ4n) is 3.37. The van der Waals surface area contributed by atoms with Crippen LogP contribution >= 0.6 is 22.9 Å². The molecule has 11 heteroatoms. The van der Waals surface area contributed by atoms with Gasteiger partial charge in [0.25, 0.3) is 0 Å². The van der Waals surface area contributed by atoms with Gasteiger partial charge in [0.2, 0.25) is 5.28 Å². The molecule has 9 nitrogen and oxygen atoms in total. The van der Waals surface area contributed by atoms with E-state index in [2.05, 4.69) is 49.6 Å². The predicted octanol–water partition coefficient (Wildman–Crippen LogP) is 4.47. The molecular weight excluding hydrogens is 460 g/mol. The number of rotatable bonds is 10. The van der Waals surface area contributed by atoms with Crippen molar-refractivity contribution in [2.45, 2.75) is 39.7 Å². The lowest BCUT2D eigenvalue weighted by atomic mass is 10.1. The Morgan fingerprint density at radius 1 is 1.21 bits per heavy atom. The summed E-state index contributed by atoms with van der Waals surface area (Å²) >= 11 is 7.68. The number of tetrazole rings is 1. The highest BCUT2D eigenvalue weighted by Gasteiger charge is 2.15. The average Bonchev–Trinajstić information content (AvgIpc) is 3.53. The highest BCUT2D eigenvalue weighted by Crippen LogP contribution is 2.26. The van der Waals surface area contributed by atoms with Crippen molar-refractivity contribution in [3.05, 3.63) is 63.7 Å². The van der Waals surface area contributed by atoms with Crippen LogP contribution in [0.4, 0.5) is 5.82 Å². The Kier molecular flexibility index (Phi) is 7.46. The van der Waals surface area contributed by atoms with Crippen LogP contribution in [-0.2, 0) is 6.61 Å². The smallest absolute Gasteiger partial charge is 0.224 e. The minimum atomic E-state index is 0.275. The number of benzene rings is 1. The molecule has 1 unspecified atom stereocenters. The molecule has 0 N–H and O–H groups in total. The second-order valence-electron chi connectivity index (χ2n) is 7.63. The van der Waals surface area contributed by atoms with Crippen LogP contribution in [0.3, 0.4) is 0 Å². The summed E-state index contributed by atoms with van der Waals surface area (Å²) in [5.41, 5.74) is 2.82. The summed E-state index contributed by atoms with van der Waals surface area (Å²) in [5.74, 6) is 1.99. The number of hydrogen-bond acceptors (Lipinski definition) is 9. The van der Waals surface area contributed by atoms with Crippen molar-refractivity contribution in [2.75, 3.05) is 18.0 Å². The van der Waals surface area contributed by atoms with Gasteiger partial charge in [-0.1, -0.05) is 6.92 Å². The van der Waals surface area contributed by atoms with Gasteiger partial charge in [-0.05, 0) is 66.6 Å². The molecule has 1 atom stereocenters. The number of halogens is 1. The maximum atomic E-state index is 6.01. The first-order chi connectivity index (χ1) is 16.0. The first-order valence-corrected chi connectivity index (χ1v) is 11.9. The molecule has 4 rings (SSSR count). The normalized spacial score (nSPS) is 12.0. The molecule has 3 heterocycles. The van der Waals surface area contributed by atoms with Crippen LogP contribution in [0.2, 0.25) is 5.28 Å². The summed E-state index contributed by atoms with van der Waals surface area (Å²) < 4.78 is 7.50. The van der Waals surface area contributed by atoms with Crippen molar-refractivity contribution >= 4 is 28.8 Å². The third-order valence-electron chi connectivity index (χ3n) is 5.26. The molecule has 0 saturated carbocycles. The van der Waals surface area contributed by atoms with Crippen LogP contribution in [-0.4, -0.2) is 48.2 Å². The third-order valence-corrected chi connectivity index (χ3v) is 6.56. The molecule has 0 amide bonds. The molecule has 0 spiro atoms. The molecule has 1 aromatic carbocycles. The highest BCUT2D eigenvalue weighted by molar-refractivity contribution is 7.09. The minimum Gasteiger partial charge on any atom is -0.487 e. The van der Waals surface area contributed by atoms with E-state index < -0.39 is 0 Å². The van der Waals surface area contributed by atoms with Gasteiger partial charge >= 0.3 is 0 Å². The van der Waals surface area contributed by atoms with E-state index in [0.29, 0.717) is 12.5 Å². The Hall–Kier alpha value is -3.11. The molecule has 3 aromatic heterocycles. The van der Waals surface area contributed by atoms with Gasteiger partial charge in [-0.15, -0.1) is 16.4 Å². The first-order valence-electron chi connectivity index (χ1n) is 10.7. The average molecular weight is 485 g/mol. The fraction of sp³-hybridized carbons (Fsp3) is 0.364. The Morgan fingerprint density at radius 2 is 2.03 bits per heavy atom. The van der Waals surface area contributed by atoms with E-state index >= 15 is 0 Å². The van der Waals surface area contributed by atoms with Gasteiger partial charge in [0.05, 0.1) is 16.4 Å². The van der Waals surface area contributed by atoms with Crippen molar-refractivity contribution in [1.82, 2.24) is 35.2 Å². The zero-order chi connectivity index (χ0) is 23.2. The number of nitrogens with zero attached hydrogens (tertiary/aromatic N) is 8. The van der Waals surface area contributed by atoms with Gasteiger partial charge in [-0.2, -0.15) is 0 Å². The lowest BCUT2D eigenvalue weighted by Crippen LogP contribution is -2.27. The predicted molar refractivity (Wildman–Crippen MR) is 128 cm³/mol. The second kappa shape index (κ2) is 10.7. The van der Waals surface area contributed by atoms with E-state index in [0.717, 1.165) is 53.0 Å². The van der Waals surface area contributed by atoms with Crippen molar-refractivity contribution in [3.8, 4) is 11.4 Å². The van der Waals surface area contributed by atoms with Gasteiger partial charge in [0, 0.05) is 36.1 Å². The molecule has 0 aliphatic carbocycles. The van der Waals surface area contributed by atoms with Crippen molar-refractivity contribution in [1.29, 1.82) is 0 Å². The Labute approximate surface area is 201 Å². The maximum absolute atomic E-state index is 6.01. The van der Waals surface area contributed by atoms with Gasteiger partial charge < -0.3 is 9.64 Å². The molecule has 172 valence electrons. The number of ether oxygens (including phenoxy) is 1. The quantitative estimate of drug-likeness (QED) is 0.304. The lowest BCUT2D eigenvalue weighted by Gasteiger charge is -2.24. The number of anilines is 1. The summed E-state index contributed by atoms with van der Waals surface area (Å²) in [4.78, 5) is 15.5. The maximum Gasteiger partial charge on any atom is 0.224 e. The zero-order valence-corrected chi connectivity index (χ0v) is 20.3. The zero-order valence-electron chi connectivity index (χ0n) is 18.7. The molecule has 4 aromatic rings. The Balaban J connectivity index is 1.30. The van der Waals surface area contributed by atoms with Crippen LogP contribution in [0, 0.1) is 6.92 Å². The molecular formula is C22H25ClN8OS. The monoisotopic (exact) mass is 484 g/mol. The summed E-state index contributed by atoms with van der Waals surface area (Å²) in [5, 5.41) is 14.6. The fourth-order valence-corrected chi connectivity index (χ4v) is 4.39. The lowest BCUT2D eigenvalue weighted by molar-refractivity contribution is 0.301. The molecule has 0 bridgehead atoms. The summed E-state index contributed by atoms with van der Waals surface area (Å²) in [6, 6.07) is 7.61. The van der Waals surface area contributed by atoms with E-state index in [1.807, 2.05) is 31.2 Å². The van der Waals surface area contributed by atoms with E-state index in [1.54, 1.807) is 28.5 Å². The summed E-state index contributed by atoms with van der Waals surface area (Å²) in [7, 11) is 0. The molecule has 0 fully saturated rings. The van der Waals surface area contributed by atoms with Crippen molar-refractivity contribution in [3.63, 3.8) is 0 Å². The van der Waals surface area contributed by atoms with Gasteiger partial charge in [-0.3, -0.25) is 0 Å². The van der Waals surface area contributed by atoms with E-state index in [-0.39, 0.29) is 5.28 Å². The first kappa shape index (κ1) is 23.1. The summed E-state index contributed by atoms with van der Waals surface area (Å²) in [6.45, 7) is 8.47. The standard InChI is InChI=1S/C22H25ClN8OS/c1-4-30(20-16(3)11-24-22(23)27-20)10-9-15(2)21-26-17(13-33-21)12-32-19-7-5-18(6-8-19)31-14-25-28-29-31/h5-8,11,13-15H,4,9-10,12H2,1-3H3. The molecule has 0 aliphatic heterocycles. The molecule has 0 aliphatic rings. The van der Waals surface area contributed by atoms with Crippen LogP contribution in [0.25, 0.3) is 5.69 Å². The number of aryl methyl sites for hydroxylation is 1. The topological polar surface area (TPSA) is 94.7 Å². The Bertz CT molecular complexity index is 1170. The van der Waals surface area contributed by atoms with E-state index in [4.69, 9.17) is 21.3 Å². The minimum absolute atomic E-state index is 0.275. The van der Waals surface area contributed by atoms with Crippen LogP contribution < -0.4 is 9.64 Å². The van der Waals surface area contributed by atoms with E-state index in [9.17, 15) is 0 Å². The highest BCUT2D eigenvalue weighted by atomic mass is 35.5. The SMILES string of the molecule is CCN(CCC(C)c1nc(COc2ccc(-n3cnnn3)cc2)cs1)c1nc(Cl)ncc1C. The largest absolute Gasteiger partial charge is 0.487 e. The third kappa shape index (κ3) is 5.82. The second-order valence-corrected chi connectivity index (χ2v) is 8.86. The van der Waals surface area contributed by atoms with Crippen molar-refractivity contribution < 1.29 is 4.74 Å². The van der Waals surface area contributed by atoms with Crippen LogP contribution in [0.5, 0.6) is 5.75 Å². The van der Waals surface area contributed by atoms with Crippen LogP contribution in [0.1, 0.15) is 42.5 Å². The molecule has 0 radical (unpaired) electrons.